The van der Waals surface area contributed by atoms with Crippen LogP contribution < -0.4 is 29.6 Å². The summed E-state index contributed by atoms with van der Waals surface area (Å²) in [7, 11) is -2.94. The van der Waals surface area contributed by atoms with Gasteiger partial charge in [0.2, 0.25) is 0 Å². The fourth-order valence-corrected chi connectivity index (χ4v) is 7.83. The second kappa shape index (κ2) is 19.0. The van der Waals surface area contributed by atoms with Crippen LogP contribution in [-0.2, 0) is 19.8 Å². The number of carbonyl (C=O) groups excluding carboxylic acids is 1. The van der Waals surface area contributed by atoms with E-state index in [1.807, 2.05) is 79.9 Å². The molecule has 0 aliphatic carbocycles. The molecule has 0 unspecified atom stereocenters. The van der Waals surface area contributed by atoms with Crippen LogP contribution in [0, 0.1) is 0 Å². The molecule has 0 N–H and O–H groups in total. The fraction of sp³-hybridized carbons (Fsp3) is 0.139. The summed E-state index contributed by atoms with van der Waals surface area (Å²) in [5, 5.41) is 6.50. The molecule has 0 aliphatic heterocycles. The monoisotopic (exact) mass is 650 g/mol. The quantitative estimate of drug-likeness (QED) is 0.0897. The Labute approximate surface area is 291 Å². The number of thiophene rings is 2. The van der Waals surface area contributed by atoms with Crippen molar-refractivity contribution in [2.24, 2.45) is 0 Å². The molecule has 0 bridgehead atoms. The van der Waals surface area contributed by atoms with Crippen LogP contribution in [0.25, 0.3) is 32.3 Å². The summed E-state index contributed by atoms with van der Waals surface area (Å²) >= 11 is 3.41. The van der Waals surface area contributed by atoms with E-state index >= 15 is 0 Å². The van der Waals surface area contributed by atoms with E-state index in [4.69, 9.17) is 9.05 Å². The first-order chi connectivity index (χ1) is 21.0. The van der Waals surface area contributed by atoms with Crippen molar-refractivity contribution in [1.82, 2.24) is 0 Å². The Kier molecular flexibility index (Phi) is 15.5. The third-order valence-corrected chi connectivity index (χ3v) is 10.3. The predicted octanol–water partition coefficient (Wildman–Crippen LogP) is 8.35. The SMILES string of the molecule is C(=C\c1csc2ccccc12)/c1ccccc1.CCOP(=O)(Cc1ccccc1)OCC.O=Cc1csc2ccccc12.[H-].[Na+]. The summed E-state index contributed by atoms with van der Waals surface area (Å²) in [5.41, 5.74) is 4.31. The Balaban J connectivity index is 0.000000235. The Hall–Kier alpha value is -2.64. The van der Waals surface area contributed by atoms with Crippen LogP contribution in [0.15, 0.2) is 120 Å². The minimum atomic E-state index is -2.94. The van der Waals surface area contributed by atoms with E-state index in [0.29, 0.717) is 19.4 Å². The summed E-state index contributed by atoms with van der Waals surface area (Å²) < 4.78 is 25.1. The molecule has 222 valence electrons. The predicted molar refractivity (Wildman–Crippen MR) is 187 cm³/mol. The molecule has 0 amide bonds. The van der Waals surface area contributed by atoms with Gasteiger partial charge in [-0.2, -0.15) is 0 Å². The van der Waals surface area contributed by atoms with Crippen molar-refractivity contribution in [2.45, 2.75) is 20.0 Å². The van der Waals surface area contributed by atoms with Gasteiger partial charge in [0.05, 0.1) is 19.4 Å². The number of hydrogen-bond donors (Lipinski definition) is 0. The van der Waals surface area contributed by atoms with E-state index in [1.165, 1.54) is 25.9 Å². The van der Waals surface area contributed by atoms with Gasteiger partial charge in [-0.25, -0.2) is 0 Å². The van der Waals surface area contributed by atoms with Crippen molar-refractivity contribution in [3.8, 4) is 0 Å². The Bertz CT molecular complexity index is 1780. The molecule has 0 fully saturated rings. The average molecular weight is 651 g/mol. The molecule has 0 aliphatic rings. The summed E-state index contributed by atoms with van der Waals surface area (Å²) in [6.07, 6.45) is 5.59. The van der Waals surface area contributed by atoms with E-state index in [9.17, 15) is 9.36 Å². The van der Waals surface area contributed by atoms with E-state index in [0.717, 1.165) is 22.8 Å². The van der Waals surface area contributed by atoms with Gasteiger partial charge in [-0.3, -0.25) is 9.36 Å². The second-order valence-corrected chi connectivity index (χ2v) is 13.2. The molecule has 0 saturated carbocycles. The maximum atomic E-state index is 12.1. The molecule has 6 aromatic rings. The van der Waals surface area contributed by atoms with E-state index in [1.54, 1.807) is 22.7 Å². The number of aldehydes is 1. The molecule has 0 spiro atoms. The first kappa shape index (κ1) is 35.8. The Morgan fingerprint density at radius 3 is 1.68 bits per heavy atom. The van der Waals surface area contributed by atoms with Gasteiger partial charge in [0.25, 0.3) is 0 Å². The normalized spacial score (nSPS) is 10.9. The summed E-state index contributed by atoms with van der Waals surface area (Å²) in [6.45, 7) is 4.45. The summed E-state index contributed by atoms with van der Waals surface area (Å²) in [6, 6.07) is 36.4. The summed E-state index contributed by atoms with van der Waals surface area (Å²) in [4.78, 5) is 10.5. The van der Waals surface area contributed by atoms with Crippen LogP contribution >= 0.6 is 30.3 Å². The third kappa shape index (κ3) is 10.8. The van der Waals surface area contributed by atoms with Gasteiger partial charge >= 0.3 is 37.2 Å². The molecule has 8 heteroatoms. The molecular formula is C36H36NaO4PS2. The van der Waals surface area contributed by atoms with Gasteiger partial charge in [0, 0.05) is 25.7 Å². The number of hydrogen-bond acceptors (Lipinski definition) is 6. The van der Waals surface area contributed by atoms with Gasteiger partial charge in [0.1, 0.15) is 0 Å². The topological polar surface area (TPSA) is 52.6 Å². The molecule has 0 saturated heterocycles. The fourth-order valence-electron chi connectivity index (χ4n) is 4.30. The zero-order chi connectivity index (χ0) is 30.3. The van der Waals surface area contributed by atoms with E-state index in [-0.39, 0.29) is 31.0 Å². The van der Waals surface area contributed by atoms with Gasteiger partial charge in [-0.05, 0) is 53.4 Å². The van der Waals surface area contributed by atoms with Gasteiger partial charge in [-0.1, -0.05) is 109 Å². The van der Waals surface area contributed by atoms with Gasteiger partial charge < -0.3 is 10.5 Å². The second-order valence-electron chi connectivity index (χ2n) is 9.33. The van der Waals surface area contributed by atoms with Crippen molar-refractivity contribution < 1.29 is 49.4 Å². The standard InChI is InChI=1S/C16H12S.C11H17O3P.C9H6OS.Na.H/c1-2-6-13(7-3-1)10-11-14-12-17-16-9-5-4-8-15(14)16;1-3-13-15(12,14-4-2)10-11-8-6-5-7-9-11;10-5-7-6-11-9-4-2-1-3-8(7)9;;/h1-12H;5-9H,3-4,10H2,1-2H3;1-6H;;/q;;;+1;-1/b11-10+;;;;. The maximum absolute atomic E-state index is 12.1. The number of carbonyl (C=O) groups is 1. The maximum Gasteiger partial charge on any atom is 1.00 e. The van der Waals surface area contributed by atoms with E-state index < -0.39 is 7.60 Å². The molecule has 4 aromatic carbocycles. The molecule has 2 heterocycles. The minimum Gasteiger partial charge on any atom is -1.00 e. The first-order valence-corrected chi connectivity index (χ1v) is 17.6. The molecule has 4 nitrogen and oxygen atoms in total. The van der Waals surface area contributed by atoms with Crippen molar-refractivity contribution in [2.75, 3.05) is 13.2 Å². The molecular weight excluding hydrogens is 614 g/mol. The van der Waals surface area contributed by atoms with Crippen LogP contribution in [0.2, 0.25) is 0 Å². The summed E-state index contributed by atoms with van der Waals surface area (Å²) in [5.74, 6) is 0. The Morgan fingerprint density at radius 2 is 1.14 bits per heavy atom. The third-order valence-electron chi connectivity index (χ3n) is 6.27. The van der Waals surface area contributed by atoms with Crippen LogP contribution in [0.5, 0.6) is 0 Å². The molecule has 6 rings (SSSR count). The van der Waals surface area contributed by atoms with Crippen LogP contribution in [0.3, 0.4) is 0 Å². The average Bonchev–Trinajstić information content (AvgIpc) is 3.66. The van der Waals surface area contributed by atoms with Crippen molar-refractivity contribution >= 4 is 68.9 Å². The zero-order valence-electron chi connectivity index (χ0n) is 26.3. The molecule has 2 aromatic heterocycles. The Morgan fingerprint density at radius 1 is 0.659 bits per heavy atom. The minimum absolute atomic E-state index is 0. The number of rotatable bonds is 9. The first-order valence-electron chi connectivity index (χ1n) is 14.1. The van der Waals surface area contributed by atoms with Gasteiger partial charge in [-0.15, -0.1) is 22.7 Å². The van der Waals surface area contributed by atoms with Gasteiger partial charge in [0.15, 0.2) is 6.29 Å². The van der Waals surface area contributed by atoms with Crippen molar-refractivity contribution in [3.63, 3.8) is 0 Å². The molecule has 44 heavy (non-hydrogen) atoms. The smallest absolute Gasteiger partial charge is 1.00 e. The number of benzene rings is 4. The van der Waals surface area contributed by atoms with Crippen molar-refractivity contribution in [3.05, 3.63) is 142 Å². The van der Waals surface area contributed by atoms with Crippen LogP contribution in [0.4, 0.5) is 0 Å². The molecule has 0 radical (unpaired) electrons. The largest absolute Gasteiger partial charge is 1.00 e. The number of fused-ring (bicyclic) bond motifs is 2. The van der Waals surface area contributed by atoms with Crippen LogP contribution in [0.1, 0.15) is 42.3 Å². The van der Waals surface area contributed by atoms with Crippen molar-refractivity contribution in [1.29, 1.82) is 0 Å². The van der Waals surface area contributed by atoms with Crippen LogP contribution in [-0.4, -0.2) is 19.5 Å². The molecule has 0 atom stereocenters. The van der Waals surface area contributed by atoms with E-state index in [2.05, 4.69) is 66.1 Å². The zero-order valence-corrected chi connectivity index (χ0v) is 29.8.